The van der Waals surface area contributed by atoms with Gasteiger partial charge in [-0.2, -0.15) is 0 Å². The molecule has 0 aromatic carbocycles. The second-order valence-corrected chi connectivity index (χ2v) is 7.01. The predicted molar refractivity (Wildman–Crippen MR) is 103 cm³/mol. The van der Waals surface area contributed by atoms with Crippen LogP contribution in [0.4, 0.5) is 0 Å². The zero-order chi connectivity index (χ0) is 17.2. The average molecular weight is 327 g/mol. The summed E-state index contributed by atoms with van der Waals surface area (Å²) in [5, 5.41) is 4.24. The van der Waals surface area contributed by atoms with Crippen molar-refractivity contribution >= 4 is 6.21 Å². The molecule has 0 heterocycles. The first kappa shape index (κ1) is 22.4. The SMILES string of the molecule is CCCCCCCC(CCCCCC)O/N=C\CCCN(C)C. The highest BCUT2D eigenvalue weighted by Crippen LogP contribution is 2.16. The first-order valence-electron chi connectivity index (χ1n) is 10.0. The lowest BCUT2D eigenvalue weighted by Gasteiger charge is -2.15. The average Bonchev–Trinajstić information content (AvgIpc) is 2.53. The first-order chi connectivity index (χ1) is 11.2. The van der Waals surface area contributed by atoms with Crippen molar-refractivity contribution in [2.75, 3.05) is 20.6 Å². The molecule has 0 bridgehead atoms. The lowest BCUT2D eigenvalue weighted by atomic mass is 10.0. The van der Waals surface area contributed by atoms with Crippen LogP contribution in [-0.4, -0.2) is 37.9 Å². The third-order valence-electron chi connectivity index (χ3n) is 4.23. The van der Waals surface area contributed by atoms with E-state index in [1.54, 1.807) is 0 Å². The Bertz CT molecular complexity index is 254. The van der Waals surface area contributed by atoms with Crippen molar-refractivity contribution in [2.24, 2.45) is 5.16 Å². The number of hydrogen-bond acceptors (Lipinski definition) is 3. The first-order valence-corrected chi connectivity index (χ1v) is 10.0. The molecule has 1 atom stereocenters. The minimum Gasteiger partial charge on any atom is -0.393 e. The Morgan fingerprint density at radius 3 is 1.96 bits per heavy atom. The monoisotopic (exact) mass is 326 g/mol. The minimum atomic E-state index is 0.332. The topological polar surface area (TPSA) is 24.8 Å². The Labute approximate surface area is 145 Å². The highest BCUT2D eigenvalue weighted by molar-refractivity contribution is 5.56. The Kier molecular flexibility index (Phi) is 17.3. The molecule has 0 spiro atoms. The summed E-state index contributed by atoms with van der Waals surface area (Å²) in [6.45, 7) is 5.65. The van der Waals surface area contributed by atoms with Crippen molar-refractivity contribution in [3.63, 3.8) is 0 Å². The zero-order valence-corrected chi connectivity index (χ0v) is 16.4. The molecule has 0 amide bonds. The van der Waals surface area contributed by atoms with Crippen LogP contribution in [-0.2, 0) is 4.84 Å². The molecule has 0 aliphatic carbocycles. The fraction of sp³-hybridized carbons (Fsp3) is 0.950. The molecule has 1 unspecified atom stereocenters. The lowest BCUT2D eigenvalue weighted by Crippen LogP contribution is -2.13. The lowest BCUT2D eigenvalue weighted by molar-refractivity contribution is 0.0437. The third-order valence-corrected chi connectivity index (χ3v) is 4.23. The van der Waals surface area contributed by atoms with Crippen LogP contribution in [0.25, 0.3) is 0 Å². The molecule has 0 N–H and O–H groups in total. The van der Waals surface area contributed by atoms with Crippen molar-refractivity contribution in [1.82, 2.24) is 4.90 Å². The normalized spacial score (nSPS) is 13.1. The van der Waals surface area contributed by atoms with Crippen LogP contribution < -0.4 is 0 Å². The Morgan fingerprint density at radius 1 is 0.826 bits per heavy atom. The molecule has 0 aromatic rings. The van der Waals surface area contributed by atoms with Gasteiger partial charge >= 0.3 is 0 Å². The molecule has 0 rings (SSSR count). The van der Waals surface area contributed by atoms with Crippen molar-refractivity contribution in [3.05, 3.63) is 0 Å². The van der Waals surface area contributed by atoms with Crippen molar-refractivity contribution in [2.45, 2.75) is 103 Å². The van der Waals surface area contributed by atoms with Gasteiger partial charge in [-0.05, 0) is 59.2 Å². The van der Waals surface area contributed by atoms with Gasteiger partial charge in [-0.15, -0.1) is 0 Å². The van der Waals surface area contributed by atoms with Gasteiger partial charge in [-0.25, -0.2) is 0 Å². The van der Waals surface area contributed by atoms with Crippen LogP contribution in [0, 0.1) is 0 Å². The molecule has 0 saturated carbocycles. The summed E-state index contributed by atoms with van der Waals surface area (Å²) < 4.78 is 0. The summed E-state index contributed by atoms with van der Waals surface area (Å²) >= 11 is 0. The van der Waals surface area contributed by atoms with Gasteiger partial charge in [-0.3, -0.25) is 0 Å². The zero-order valence-electron chi connectivity index (χ0n) is 16.4. The van der Waals surface area contributed by atoms with Crippen molar-refractivity contribution < 1.29 is 4.84 Å². The van der Waals surface area contributed by atoms with E-state index in [0.717, 1.165) is 19.4 Å². The van der Waals surface area contributed by atoms with Gasteiger partial charge in [0, 0.05) is 6.21 Å². The fourth-order valence-corrected chi connectivity index (χ4v) is 2.70. The molecule has 0 fully saturated rings. The second-order valence-electron chi connectivity index (χ2n) is 7.01. The van der Waals surface area contributed by atoms with Crippen LogP contribution in [0.1, 0.15) is 97.3 Å². The summed E-state index contributed by atoms with van der Waals surface area (Å²) in [5.41, 5.74) is 0. The van der Waals surface area contributed by atoms with Crippen LogP contribution in [0.15, 0.2) is 5.16 Å². The molecule has 3 nitrogen and oxygen atoms in total. The number of oxime groups is 1. The maximum absolute atomic E-state index is 5.79. The Balaban J connectivity index is 3.87. The molecule has 0 aliphatic heterocycles. The molecular formula is C20H42N2O. The van der Waals surface area contributed by atoms with Gasteiger partial charge in [0.15, 0.2) is 0 Å². The second kappa shape index (κ2) is 17.8. The van der Waals surface area contributed by atoms with Gasteiger partial charge in [0.05, 0.1) is 0 Å². The summed E-state index contributed by atoms with van der Waals surface area (Å²) in [7, 11) is 4.22. The van der Waals surface area contributed by atoms with Gasteiger partial charge in [-0.1, -0.05) is 63.9 Å². The van der Waals surface area contributed by atoms with Crippen molar-refractivity contribution in [3.8, 4) is 0 Å². The Morgan fingerprint density at radius 2 is 1.39 bits per heavy atom. The maximum Gasteiger partial charge on any atom is 0.127 e. The molecule has 138 valence electrons. The summed E-state index contributed by atoms with van der Waals surface area (Å²) in [4.78, 5) is 8.00. The van der Waals surface area contributed by atoms with E-state index in [2.05, 4.69) is 38.0 Å². The minimum absolute atomic E-state index is 0.332. The molecule has 0 radical (unpaired) electrons. The van der Waals surface area contributed by atoms with Gasteiger partial charge in [0.2, 0.25) is 0 Å². The van der Waals surface area contributed by atoms with E-state index in [9.17, 15) is 0 Å². The van der Waals surface area contributed by atoms with Crippen LogP contribution in [0.5, 0.6) is 0 Å². The molecule has 0 saturated heterocycles. The van der Waals surface area contributed by atoms with Gasteiger partial charge < -0.3 is 9.74 Å². The van der Waals surface area contributed by atoms with E-state index in [4.69, 9.17) is 4.84 Å². The van der Waals surface area contributed by atoms with Gasteiger partial charge in [0.25, 0.3) is 0 Å². The van der Waals surface area contributed by atoms with Crippen LogP contribution in [0.3, 0.4) is 0 Å². The van der Waals surface area contributed by atoms with E-state index >= 15 is 0 Å². The quantitative estimate of drug-likeness (QED) is 0.185. The van der Waals surface area contributed by atoms with E-state index in [1.165, 1.54) is 70.6 Å². The van der Waals surface area contributed by atoms with Crippen LogP contribution >= 0.6 is 0 Å². The highest BCUT2D eigenvalue weighted by Gasteiger charge is 2.09. The number of hydrogen-bond donors (Lipinski definition) is 0. The summed E-state index contributed by atoms with van der Waals surface area (Å²) in [5.74, 6) is 0. The van der Waals surface area contributed by atoms with E-state index in [0.29, 0.717) is 6.10 Å². The summed E-state index contributed by atoms with van der Waals surface area (Å²) in [6, 6.07) is 0. The molecule has 23 heavy (non-hydrogen) atoms. The number of unbranched alkanes of at least 4 members (excludes halogenated alkanes) is 8. The smallest absolute Gasteiger partial charge is 0.127 e. The number of nitrogens with zero attached hydrogens (tertiary/aromatic N) is 2. The standard InChI is InChI=1S/C20H42N2O/c1-5-7-9-11-13-17-20(16-12-10-8-6-2)23-21-18-14-15-19-22(3)4/h18,20H,5-17,19H2,1-4H3/b21-18-. The molecule has 0 aromatic heterocycles. The number of rotatable bonds is 17. The summed E-state index contributed by atoms with van der Waals surface area (Å²) in [6.07, 6.45) is 18.7. The van der Waals surface area contributed by atoms with Crippen LogP contribution in [0.2, 0.25) is 0 Å². The van der Waals surface area contributed by atoms with E-state index < -0.39 is 0 Å². The van der Waals surface area contributed by atoms with E-state index in [1.807, 2.05) is 6.21 Å². The maximum atomic E-state index is 5.79. The highest BCUT2D eigenvalue weighted by atomic mass is 16.6. The van der Waals surface area contributed by atoms with Crippen molar-refractivity contribution in [1.29, 1.82) is 0 Å². The Hall–Kier alpha value is -0.570. The third kappa shape index (κ3) is 17.6. The molecule has 3 heteroatoms. The largest absolute Gasteiger partial charge is 0.393 e. The van der Waals surface area contributed by atoms with Gasteiger partial charge in [0.1, 0.15) is 6.10 Å². The van der Waals surface area contributed by atoms with E-state index in [-0.39, 0.29) is 0 Å². The molecule has 0 aliphatic rings. The molecular weight excluding hydrogens is 284 g/mol. The fourth-order valence-electron chi connectivity index (χ4n) is 2.70. The predicted octanol–water partition coefficient (Wildman–Crippen LogP) is 6.03.